The van der Waals surface area contributed by atoms with Gasteiger partial charge in [0.25, 0.3) is 5.91 Å². The molecule has 2 rings (SSSR count). The molecule has 0 aliphatic carbocycles. The van der Waals surface area contributed by atoms with Crippen molar-refractivity contribution in [3.63, 3.8) is 0 Å². The lowest BCUT2D eigenvalue weighted by Crippen LogP contribution is -2.44. The minimum Gasteiger partial charge on any atom is -0.480 e. The highest BCUT2D eigenvalue weighted by molar-refractivity contribution is 9.10. The number of carboxylic acid groups (broad SMARTS) is 1. The van der Waals surface area contributed by atoms with Crippen molar-refractivity contribution in [3.8, 4) is 0 Å². The number of aliphatic carboxylic acids is 1. The van der Waals surface area contributed by atoms with Gasteiger partial charge in [-0.25, -0.2) is 4.79 Å². The van der Waals surface area contributed by atoms with E-state index < -0.39 is 12.0 Å². The number of nitrogens with zero attached hydrogens (tertiary/aromatic N) is 1. The van der Waals surface area contributed by atoms with Crippen LogP contribution in [0.15, 0.2) is 22.7 Å². The fourth-order valence-electron chi connectivity index (χ4n) is 2.07. The van der Waals surface area contributed by atoms with Crippen molar-refractivity contribution in [3.05, 3.63) is 33.8 Å². The summed E-state index contributed by atoms with van der Waals surface area (Å²) < 4.78 is 0.700. The summed E-state index contributed by atoms with van der Waals surface area (Å²) in [5.74, 6) is -0.753. The zero-order valence-corrected chi connectivity index (χ0v) is 13.0. The summed E-state index contributed by atoms with van der Waals surface area (Å²) in [6, 6.07) is 4.69. The fraction of sp³-hybridized carbons (Fsp3) is 0.385. The molecule has 102 valence electrons. The molecule has 1 aliphatic heterocycles. The van der Waals surface area contributed by atoms with Crippen molar-refractivity contribution < 1.29 is 14.7 Å². The highest BCUT2D eigenvalue weighted by Crippen LogP contribution is 2.32. The first-order valence-electron chi connectivity index (χ1n) is 5.85. The molecule has 0 aromatic heterocycles. The Morgan fingerprint density at radius 2 is 2.16 bits per heavy atom. The van der Waals surface area contributed by atoms with E-state index in [0.717, 1.165) is 5.56 Å². The summed E-state index contributed by atoms with van der Waals surface area (Å²) in [5.41, 5.74) is 1.55. The predicted molar refractivity (Wildman–Crippen MR) is 78.4 cm³/mol. The maximum Gasteiger partial charge on any atom is 0.327 e. The zero-order valence-electron chi connectivity index (χ0n) is 10.6. The SMILES string of the molecule is Cc1ccc(C(=O)N2C(C)SCC2C(=O)O)c(Br)c1. The second-order valence-corrected chi connectivity index (χ2v) is 6.69. The van der Waals surface area contributed by atoms with Crippen molar-refractivity contribution in [2.45, 2.75) is 25.3 Å². The first kappa shape index (κ1) is 14.4. The number of carboxylic acids is 1. The Hall–Kier alpha value is -1.01. The molecule has 1 amide bonds. The Bertz CT molecular complexity index is 535. The van der Waals surface area contributed by atoms with Gasteiger partial charge in [0.1, 0.15) is 6.04 Å². The highest BCUT2D eigenvalue weighted by Gasteiger charge is 2.40. The van der Waals surface area contributed by atoms with Crippen LogP contribution in [-0.2, 0) is 4.79 Å². The maximum atomic E-state index is 12.5. The van der Waals surface area contributed by atoms with Gasteiger partial charge in [-0.3, -0.25) is 4.79 Å². The van der Waals surface area contributed by atoms with Crippen molar-refractivity contribution in [1.82, 2.24) is 4.90 Å². The molecule has 6 heteroatoms. The molecule has 0 radical (unpaired) electrons. The quantitative estimate of drug-likeness (QED) is 0.896. The van der Waals surface area contributed by atoms with Crippen LogP contribution >= 0.6 is 27.7 Å². The number of carbonyl (C=O) groups is 2. The molecule has 0 saturated carbocycles. The molecule has 19 heavy (non-hydrogen) atoms. The Morgan fingerprint density at radius 1 is 1.47 bits per heavy atom. The largest absolute Gasteiger partial charge is 0.480 e. The van der Waals surface area contributed by atoms with E-state index in [4.69, 9.17) is 0 Å². The van der Waals surface area contributed by atoms with Gasteiger partial charge in [-0.05, 0) is 47.5 Å². The van der Waals surface area contributed by atoms with Gasteiger partial charge in [0, 0.05) is 10.2 Å². The molecule has 4 nitrogen and oxygen atoms in total. The summed E-state index contributed by atoms with van der Waals surface area (Å²) in [7, 11) is 0. The first-order chi connectivity index (χ1) is 8.91. The van der Waals surface area contributed by atoms with Crippen LogP contribution in [0.4, 0.5) is 0 Å². The lowest BCUT2D eigenvalue weighted by Gasteiger charge is -2.25. The number of halogens is 1. The van der Waals surface area contributed by atoms with Gasteiger partial charge in [-0.2, -0.15) is 0 Å². The molecule has 1 aliphatic rings. The molecule has 1 aromatic rings. The van der Waals surface area contributed by atoms with Crippen LogP contribution in [0.25, 0.3) is 0 Å². The third-order valence-corrected chi connectivity index (χ3v) is 4.97. The predicted octanol–water partition coefficient (Wildman–Crippen LogP) is 2.75. The van der Waals surface area contributed by atoms with E-state index in [0.29, 0.717) is 15.8 Å². The topological polar surface area (TPSA) is 57.6 Å². The normalized spacial score (nSPS) is 22.6. The van der Waals surface area contributed by atoms with E-state index in [9.17, 15) is 14.7 Å². The van der Waals surface area contributed by atoms with E-state index in [-0.39, 0.29) is 11.3 Å². The van der Waals surface area contributed by atoms with Gasteiger partial charge in [-0.1, -0.05) is 6.07 Å². The molecule has 1 N–H and O–H groups in total. The van der Waals surface area contributed by atoms with Crippen molar-refractivity contribution >= 4 is 39.6 Å². The standard InChI is InChI=1S/C13H14BrNO3S/c1-7-3-4-9(10(14)5-7)12(16)15-8(2)19-6-11(15)13(17)18/h3-5,8,11H,6H2,1-2H3,(H,17,18). The van der Waals surface area contributed by atoms with Gasteiger partial charge in [0.15, 0.2) is 0 Å². The van der Waals surface area contributed by atoms with Crippen molar-refractivity contribution in [2.24, 2.45) is 0 Å². The molecular weight excluding hydrogens is 330 g/mol. The van der Waals surface area contributed by atoms with Crippen LogP contribution < -0.4 is 0 Å². The number of thioether (sulfide) groups is 1. The monoisotopic (exact) mass is 343 g/mol. The molecule has 1 fully saturated rings. The summed E-state index contributed by atoms with van der Waals surface area (Å²) in [6.45, 7) is 3.79. The Balaban J connectivity index is 2.34. The number of hydrogen-bond acceptors (Lipinski definition) is 3. The smallest absolute Gasteiger partial charge is 0.327 e. The fourth-order valence-corrected chi connectivity index (χ4v) is 3.90. The zero-order chi connectivity index (χ0) is 14.2. The number of amides is 1. The van der Waals surface area contributed by atoms with Crippen LogP contribution in [-0.4, -0.2) is 39.1 Å². The van der Waals surface area contributed by atoms with E-state index in [1.165, 1.54) is 16.7 Å². The van der Waals surface area contributed by atoms with Gasteiger partial charge in [0.2, 0.25) is 0 Å². The number of hydrogen-bond donors (Lipinski definition) is 1. The second-order valence-electron chi connectivity index (χ2n) is 4.48. The lowest BCUT2D eigenvalue weighted by molar-refractivity contribution is -0.141. The third kappa shape index (κ3) is 2.79. The Kier molecular flexibility index (Phi) is 4.20. The van der Waals surface area contributed by atoms with Crippen LogP contribution in [0.5, 0.6) is 0 Å². The highest BCUT2D eigenvalue weighted by atomic mass is 79.9. The minimum absolute atomic E-state index is 0.123. The number of carbonyl (C=O) groups excluding carboxylic acids is 1. The summed E-state index contributed by atoms with van der Waals surface area (Å²) >= 11 is 4.85. The summed E-state index contributed by atoms with van der Waals surface area (Å²) in [5, 5.41) is 9.07. The molecule has 1 heterocycles. The third-order valence-electron chi connectivity index (χ3n) is 3.10. The van der Waals surface area contributed by atoms with Gasteiger partial charge in [-0.15, -0.1) is 11.8 Å². The van der Waals surface area contributed by atoms with E-state index in [1.807, 2.05) is 26.0 Å². The molecule has 0 bridgehead atoms. The lowest BCUT2D eigenvalue weighted by atomic mass is 10.1. The van der Waals surface area contributed by atoms with Crippen LogP contribution in [0.2, 0.25) is 0 Å². The second kappa shape index (κ2) is 5.54. The average molecular weight is 344 g/mol. The molecule has 1 saturated heterocycles. The van der Waals surface area contributed by atoms with Crippen molar-refractivity contribution in [2.75, 3.05) is 5.75 Å². The average Bonchev–Trinajstić information content (AvgIpc) is 2.70. The minimum atomic E-state index is -0.951. The van der Waals surface area contributed by atoms with Crippen LogP contribution in [0.3, 0.4) is 0 Å². The van der Waals surface area contributed by atoms with Gasteiger partial charge >= 0.3 is 5.97 Å². The number of benzene rings is 1. The summed E-state index contributed by atoms with van der Waals surface area (Å²) in [6.07, 6.45) is 0. The van der Waals surface area contributed by atoms with Crippen LogP contribution in [0.1, 0.15) is 22.8 Å². The van der Waals surface area contributed by atoms with E-state index >= 15 is 0 Å². The summed E-state index contributed by atoms with van der Waals surface area (Å²) in [4.78, 5) is 25.2. The molecule has 0 spiro atoms. The van der Waals surface area contributed by atoms with Gasteiger partial charge in [0.05, 0.1) is 10.9 Å². The molecule has 1 aromatic carbocycles. The number of rotatable bonds is 2. The number of aryl methyl sites for hydroxylation is 1. The molecular formula is C13H14BrNO3S. The Morgan fingerprint density at radius 3 is 2.74 bits per heavy atom. The van der Waals surface area contributed by atoms with Crippen LogP contribution in [0, 0.1) is 6.92 Å². The van der Waals surface area contributed by atoms with E-state index in [2.05, 4.69) is 15.9 Å². The van der Waals surface area contributed by atoms with Gasteiger partial charge < -0.3 is 10.0 Å². The maximum absolute atomic E-state index is 12.5. The molecule has 2 atom stereocenters. The molecule has 2 unspecified atom stereocenters. The Labute approximate surface area is 124 Å². The van der Waals surface area contributed by atoms with Crippen molar-refractivity contribution in [1.29, 1.82) is 0 Å². The van der Waals surface area contributed by atoms with E-state index in [1.54, 1.807) is 6.07 Å². The first-order valence-corrected chi connectivity index (χ1v) is 7.69.